The summed E-state index contributed by atoms with van der Waals surface area (Å²) in [6.07, 6.45) is 0.704. The minimum atomic E-state index is -0.0714. The van der Waals surface area contributed by atoms with Crippen LogP contribution in [0.25, 0.3) is 22.2 Å². The number of aromatic nitrogens is 2. The van der Waals surface area contributed by atoms with Crippen molar-refractivity contribution in [3.05, 3.63) is 118 Å². The van der Waals surface area contributed by atoms with E-state index in [1.54, 1.807) is 7.11 Å². The van der Waals surface area contributed by atoms with Gasteiger partial charge in [0.1, 0.15) is 5.75 Å². The Labute approximate surface area is 228 Å². The lowest BCUT2D eigenvalue weighted by Crippen LogP contribution is -2.21. The zero-order valence-corrected chi connectivity index (χ0v) is 22.3. The smallest absolute Gasteiger partial charge is 0.247 e. The lowest BCUT2D eigenvalue weighted by molar-refractivity contribution is 0.414. The molecule has 6 rings (SSSR count). The summed E-state index contributed by atoms with van der Waals surface area (Å²) in [6.45, 7) is 0. The van der Waals surface area contributed by atoms with E-state index in [1.165, 1.54) is 0 Å². The minimum Gasteiger partial charge on any atom is -0.497 e. The number of halogens is 2. The largest absolute Gasteiger partial charge is 0.497 e. The van der Waals surface area contributed by atoms with Gasteiger partial charge < -0.3 is 4.74 Å². The number of nitrogens with zero attached hydrogens (tertiary/aromatic N) is 4. The van der Waals surface area contributed by atoms with Crippen LogP contribution in [0.5, 0.6) is 5.75 Å². The van der Waals surface area contributed by atoms with Crippen LogP contribution in [0, 0.1) is 0 Å². The number of rotatable bonds is 5. The molecule has 0 spiro atoms. The maximum absolute atomic E-state index is 6.18. The number of ether oxygens (including phenoxy) is 1. The Kier molecular flexibility index (Phi) is 6.37. The van der Waals surface area contributed by atoms with Crippen molar-refractivity contribution in [3.63, 3.8) is 0 Å². The van der Waals surface area contributed by atoms with Crippen molar-refractivity contribution in [3.8, 4) is 17.0 Å². The number of fused-ring (bicyclic) bond motifs is 1. The fourth-order valence-corrected chi connectivity index (χ4v) is 5.18. The van der Waals surface area contributed by atoms with Gasteiger partial charge in [-0.15, -0.1) is 0 Å². The summed E-state index contributed by atoms with van der Waals surface area (Å²) in [7, 11) is 1.67. The molecule has 0 radical (unpaired) electrons. The predicted molar refractivity (Wildman–Crippen MR) is 153 cm³/mol. The van der Waals surface area contributed by atoms with Gasteiger partial charge in [-0.1, -0.05) is 82.1 Å². The van der Waals surface area contributed by atoms with Gasteiger partial charge in [0.25, 0.3) is 0 Å². The van der Waals surface area contributed by atoms with Crippen LogP contribution < -0.4 is 9.75 Å². The standard InChI is InChI=1S/C30H22BrClN4O/c1-37-24-9-5-6-20(17-24)27-18-28(21-7-4-8-22(31)16-21)36(35-27)30-33-26-11-3-2-10-25(26)29(34-30)19-12-14-23(32)15-13-19/h2-17,28H,18H2,1H3. The Morgan fingerprint density at radius 3 is 2.49 bits per heavy atom. The van der Waals surface area contributed by atoms with Gasteiger partial charge in [0.15, 0.2) is 0 Å². The first-order chi connectivity index (χ1) is 18.1. The van der Waals surface area contributed by atoms with E-state index in [4.69, 9.17) is 31.4 Å². The first-order valence-corrected chi connectivity index (χ1v) is 13.1. The van der Waals surface area contributed by atoms with E-state index < -0.39 is 0 Å². The molecule has 0 aliphatic carbocycles. The van der Waals surface area contributed by atoms with Gasteiger partial charge in [0.05, 0.1) is 30.1 Å². The van der Waals surface area contributed by atoms with Crippen molar-refractivity contribution in [1.29, 1.82) is 0 Å². The van der Waals surface area contributed by atoms with E-state index in [1.807, 2.05) is 83.9 Å². The molecule has 182 valence electrons. The van der Waals surface area contributed by atoms with Crippen molar-refractivity contribution in [2.45, 2.75) is 12.5 Å². The SMILES string of the molecule is COc1cccc(C2=NN(c3nc(-c4ccc(Cl)cc4)c4ccccc4n3)C(c3cccc(Br)c3)C2)c1. The van der Waals surface area contributed by atoms with E-state index in [0.717, 1.165) is 49.2 Å². The second-order valence-electron chi connectivity index (χ2n) is 8.79. The van der Waals surface area contributed by atoms with Crippen LogP contribution in [0.3, 0.4) is 0 Å². The number of methoxy groups -OCH3 is 1. The first kappa shape index (κ1) is 23.6. The molecule has 0 fully saturated rings. The predicted octanol–water partition coefficient (Wildman–Crippen LogP) is 8.08. The molecule has 1 aliphatic heterocycles. The number of hydrogen-bond acceptors (Lipinski definition) is 5. The lowest BCUT2D eigenvalue weighted by Gasteiger charge is -2.23. The van der Waals surface area contributed by atoms with E-state index in [0.29, 0.717) is 17.4 Å². The fourth-order valence-electron chi connectivity index (χ4n) is 4.64. The molecule has 0 bridgehead atoms. The Morgan fingerprint density at radius 2 is 1.68 bits per heavy atom. The third-order valence-electron chi connectivity index (χ3n) is 6.46. The molecule has 0 amide bonds. The van der Waals surface area contributed by atoms with Crippen molar-refractivity contribution >= 4 is 50.1 Å². The summed E-state index contributed by atoms with van der Waals surface area (Å²) in [6, 6.07) is 32.0. The van der Waals surface area contributed by atoms with Crippen LogP contribution in [0.15, 0.2) is 107 Å². The van der Waals surface area contributed by atoms with Crippen molar-refractivity contribution in [2.75, 3.05) is 12.1 Å². The Morgan fingerprint density at radius 1 is 0.865 bits per heavy atom. The second-order valence-corrected chi connectivity index (χ2v) is 10.1. The van der Waals surface area contributed by atoms with Crippen LogP contribution in [0.4, 0.5) is 5.95 Å². The number of hydrazone groups is 1. The van der Waals surface area contributed by atoms with E-state index in [2.05, 4.69) is 34.1 Å². The lowest BCUT2D eigenvalue weighted by atomic mass is 9.98. The molecule has 0 saturated heterocycles. The molecule has 7 heteroatoms. The molecular weight excluding hydrogens is 548 g/mol. The molecule has 1 aromatic heterocycles. The highest BCUT2D eigenvalue weighted by Gasteiger charge is 2.32. The molecule has 5 nitrogen and oxygen atoms in total. The second kappa shape index (κ2) is 9.96. The third-order valence-corrected chi connectivity index (χ3v) is 7.21. The van der Waals surface area contributed by atoms with Crippen molar-refractivity contribution in [1.82, 2.24) is 9.97 Å². The summed E-state index contributed by atoms with van der Waals surface area (Å²) in [4.78, 5) is 10.0. The highest BCUT2D eigenvalue weighted by atomic mass is 79.9. The van der Waals surface area contributed by atoms with Gasteiger partial charge in [-0.25, -0.2) is 15.0 Å². The number of hydrogen-bond donors (Lipinski definition) is 0. The number of anilines is 1. The van der Waals surface area contributed by atoms with E-state index in [9.17, 15) is 0 Å². The molecular formula is C30H22BrClN4O. The zero-order chi connectivity index (χ0) is 25.4. The Bertz CT molecular complexity index is 1640. The zero-order valence-electron chi connectivity index (χ0n) is 20.0. The summed E-state index contributed by atoms with van der Waals surface area (Å²) in [5.74, 6) is 1.34. The van der Waals surface area contributed by atoms with Crippen molar-refractivity contribution < 1.29 is 4.74 Å². The monoisotopic (exact) mass is 568 g/mol. The quantitative estimate of drug-likeness (QED) is 0.215. The molecule has 1 unspecified atom stereocenters. The maximum atomic E-state index is 6.18. The van der Waals surface area contributed by atoms with Gasteiger partial charge in [-0.2, -0.15) is 5.10 Å². The highest BCUT2D eigenvalue weighted by molar-refractivity contribution is 9.10. The van der Waals surface area contributed by atoms with Gasteiger partial charge in [-0.3, -0.25) is 0 Å². The average molecular weight is 570 g/mol. The van der Waals surface area contributed by atoms with Gasteiger partial charge in [0, 0.05) is 32.4 Å². The molecule has 37 heavy (non-hydrogen) atoms. The summed E-state index contributed by atoms with van der Waals surface area (Å²) in [5.41, 5.74) is 5.76. The van der Waals surface area contributed by atoms with Crippen LogP contribution >= 0.6 is 27.5 Å². The fraction of sp³-hybridized carbons (Fsp3) is 0.100. The summed E-state index contributed by atoms with van der Waals surface area (Å²) in [5, 5.41) is 8.69. The molecule has 0 N–H and O–H groups in total. The maximum Gasteiger partial charge on any atom is 0.247 e. The van der Waals surface area contributed by atoms with E-state index in [-0.39, 0.29) is 6.04 Å². The Balaban J connectivity index is 1.53. The van der Waals surface area contributed by atoms with Crippen molar-refractivity contribution in [2.24, 2.45) is 5.10 Å². The minimum absolute atomic E-state index is 0.0714. The average Bonchev–Trinajstić information content (AvgIpc) is 3.39. The molecule has 2 heterocycles. The first-order valence-electron chi connectivity index (χ1n) is 11.9. The normalized spacial score (nSPS) is 15.2. The molecule has 0 saturated carbocycles. The molecule has 1 atom stereocenters. The molecule has 1 aliphatic rings. The number of para-hydroxylation sites is 1. The van der Waals surface area contributed by atoms with Crippen LogP contribution in [-0.4, -0.2) is 22.8 Å². The topological polar surface area (TPSA) is 50.6 Å². The molecule has 5 aromatic rings. The highest BCUT2D eigenvalue weighted by Crippen LogP contribution is 2.38. The summed E-state index contributed by atoms with van der Waals surface area (Å²) >= 11 is 9.81. The van der Waals surface area contributed by atoms with Gasteiger partial charge >= 0.3 is 0 Å². The third kappa shape index (κ3) is 4.70. The summed E-state index contributed by atoms with van der Waals surface area (Å²) < 4.78 is 6.48. The van der Waals surface area contributed by atoms with Crippen LogP contribution in [-0.2, 0) is 0 Å². The number of benzene rings is 4. The molecule has 4 aromatic carbocycles. The Hall–Kier alpha value is -3.74. The van der Waals surface area contributed by atoms with Crippen LogP contribution in [0.2, 0.25) is 5.02 Å². The van der Waals surface area contributed by atoms with Gasteiger partial charge in [0.2, 0.25) is 5.95 Å². The van der Waals surface area contributed by atoms with E-state index >= 15 is 0 Å². The van der Waals surface area contributed by atoms with Crippen LogP contribution in [0.1, 0.15) is 23.6 Å². The van der Waals surface area contributed by atoms with Gasteiger partial charge in [-0.05, 0) is 48.0 Å².